The van der Waals surface area contributed by atoms with Crippen LogP contribution < -0.4 is 0 Å². The summed E-state index contributed by atoms with van der Waals surface area (Å²) in [7, 11) is 0. The summed E-state index contributed by atoms with van der Waals surface area (Å²) in [6.07, 6.45) is 84.6. The molecule has 1 atom stereocenters. The van der Waals surface area contributed by atoms with Crippen LogP contribution in [0.15, 0.2) is 134 Å². The van der Waals surface area contributed by atoms with E-state index < -0.39 is 6.10 Å². The third-order valence-electron chi connectivity index (χ3n) is 12.1. The highest BCUT2D eigenvalue weighted by atomic mass is 16.6. The first kappa shape index (κ1) is 68.6. The number of carbonyl (C=O) groups is 3. The predicted molar refractivity (Wildman–Crippen MR) is 316 cm³/mol. The van der Waals surface area contributed by atoms with E-state index in [0.29, 0.717) is 25.7 Å². The van der Waals surface area contributed by atoms with Gasteiger partial charge in [-0.3, -0.25) is 14.4 Å². The van der Waals surface area contributed by atoms with Crippen molar-refractivity contribution >= 4 is 17.9 Å². The Morgan fingerprint density at radius 1 is 0.288 bits per heavy atom. The summed E-state index contributed by atoms with van der Waals surface area (Å²) in [5.74, 6) is -0.958. The van der Waals surface area contributed by atoms with E-state index in [2.05, 4.69) is 154 Å². The fourth-order valence-corrected chi connectivity index (χ4v) is 7.70. The maximum atomic E-state index is 12.8. The number of esters is 3. The lowest BCUT2D eigenvalue weighted by Gasteiger charge is -2.18. The molecule has 6 nitrogen and oxygen atoms in total. The largest absolute Gasteiger partial charge is 0.462 e. The van der Waals surface area contributed by atoms with Gasteiger partial charge in [-0.1, -0.05) is 244 Å². The van der Waals surface area contributed by atoms with Crippen molar-refractivity contribution in [3.63, 3.8) is 0 Å². The van der Waals surface area contributed by atoms with Gasteiger partial charge in [-0.05, 0) is 122 Å². The Hall–Kier alpha value is -4.45. The van der Waals surface area contributed by atoms with Crippen LogP contribution in [0.3, 0.4) is 0 Å². The molecular weight excluding hydrogens is 901 g/mol. The Labute approximate surface area is 449 Å². The van der Waals surface area contributed by atoms with Crippen molar-refractivity contribution in [3.05, 3.63) is 134 Å². The summed E-state index contributed by atoms with van der Waals surface area (Å²) in [6, 6.07) is 0. The van der Waals surface area contributed by atoms with Gasteiger partial charge in [0.05, 0.1) is 0 Å². The molecule has 0 heterocycles. The van der Waals surface area contributed by atoms with E-state index in [4.69, 9.17) is 14.2 Å². The smallest absolute Gasteiger partial charge is 0.306 e. The number of carbonyl (C=O) groups excluding carboxylic acids is 3. The van der Waals surface area contributed by atoms with Crippen molar-refractivity contribution in [3.8, 4) is 0 Å². The topological polar surface area (TPSA) is 78.9 Å². The molecule has 0 saturated carbocycles. The molecule has 412 valence electrons. The summed E-state index contributed by atoms with van der Waals surface area (Å²) in [5, 5.41) is 0. The van der Waals surface area contributed by atoms with E-state index in [9.17, 15) is 14.4 Å². The average Bonchev–Trinajstić information content (AvgIpc) is 3.39. The van der Waals surface area contributed by atoms with E-state index in [1.54, 1.807) is 0 Å². The molecule has 0 aromatic heterocycles. The molecule has 0 aliphatic rings. The summed E-state index contributed by atoms with van der Waals surface area (Å²) < 4.78 is 16.8. The highest BCUT2D eigenvalue weighted by Crippen LogP contribution is 2.14. The van der Waals surface area contributed by atoms with Crippen LogP contribution in [0.4, 0.5) is 0 Å². The number of hydrogen-bond acceptors (Lipinski definition) is 6. The first-order chi connectivity index (χ1) is 36.0. The molecule has 6 heteroatoms. The van der Waals surface area contributed by atoms with Crippen molar-refractivity contribution in [1.82, 2.24) is 0 Å². The zero-order valence-corrected chi connectivity index (χ0v) is 47.1. The standard InChI is InChI=1S/C67H108O6/c1-4-7-10-13-16-19-22-24-25-26-27-28-29-30-31-32-33-34-35-36-37-38-39-40-41-42-43-44-46-48-51-54-57-60-66(69)72-63-64(62-71-65(68)59-56-53-50-47-21-18-15-12-9-6-3)73-67(70)61-58-55-52-49-45-23-20-17-14-11-8-5-2/h7,10,16-17,19-20,24-25,27-28,30-31,33-34,36-37,39-40,42-43,46,48,64H,4-6,8-9,11-15,18,21-23,26,29,32,35,38,41,44-45,47,49-63H2,1-3H3/b10-7-,19-16-,20-17-,25-24-,28-27-,31-30-,34-33-,37-36-,40-39-,43-42-,48-46-. The van der Waals surface area contributed by atoms with Crippen LogP contribution in [0.2, 0.25) is 0 Å². The van der Waals surface area contributed by atoms with Crippen LogP contribution in [-0.2, 0) is 28.6 Å². The van der Waals surface area contributed by atoms with Gasteiger partial charge >= 0.3 is 17.9 Å². The minimum atomic E-state index is -0.801. The molecule has 0 spiro atoms. The highest BCUT2D eigenvalue weighted by Gasteiger charge is 2.19. The zero-order chi connectivity index (χ0) is 52.9. The average molecular weight is 1010 g/mol. The first-order valence-electron chi connectivity index (χ1n) is 29.7. The molecule has 0 saturated heterocycles. The quantitative estimate of drug-likeness (QED) is 0.0261. The molecule has 0 rings (SSSR count). The Morgan fingerprint density at radius 2 is 0.534 bits per heavy atom. The van der Waals surface area contributed by atoms with Gasteiger partial charge in [0.2, 0.25) is 0 Å². The van der Waals surface area contributed by atoms with E-state index in [0.717, 1.165) is 128 Å². The predicted octanol–water partition coefficient (Wildman–Crippen LogP) is 20.2. The molecule has 1 unspecified atom stereocenters. The molecule has 0 aromatic carbocycles. The molecule has 0 aliphatic carbocycles. The van der Waals surface area contributed by atoms with Gasteiger partial charge in [0.15, 0.2) is 6.10 Å². The number of rotatable bonds is 52. The van der Waals surface area contributed by atoms with Crippen LogP contribution >= 0.6 is 0 Å². The lowest BCUT2D eigenvalue weighted by atomic mass is 10.1. The Kier molecular flexibility index (Phi) is 56.4. The zero-order valence-electron chi connectivity index (χ0n) is 47.1. The van der Waals surface area contributed by atoms with E-state index >= 15 is 0 Å². The van der Waals surface area contributed by atoms with E-state index in [1.165, 1.54) is 77.0 Å². The maximum absolute atomic E-state index is 12.8. The van der Waals surface area contributed by atoms with Crippen molar-refractivity contribution in [1.29, 1.82) is 0 Å². The molecule has 73 heavy (non-hydrogen) atoms. The Bertz CT molecular complexity index is 1580. The van der Waals surface area contributed by atoms with E-state index in [1.807, 2.05) is 0 Å². The van der Waals surface area contributed by atoms with Crippen molar-refractivity contribution in [2.75, 3.05) is 13.2 Å². The second-order valence-corrected chi connectivity index (χ2v) is 19.2. The Balaban J connectivity index is 4.30. The van der Waals surface area contributed by atoms with Crippen molar-refractivity contribution in [2.45, 2.75) is 258 Å². The summed E-state index contributed by atoms with van der Waals surface area (Å²) >= 11 is 0. The maximum Gasteiger partial charge on any atom is 0.306 e. The molecule has 0 aromatic rings. The minimum Gasteiger partial charge on any atom is -0.462 e. The number of allylic oxidation sites excluding steroid dienone is 22. The third kappa shape index (κ3) is 58.3. The van der Waals surface area contributed by atoms with Gasteiger partial charge in [-0.25, -0.2) is 0 Å². The lowest BCUT2D eigenvalue weighted by molar-refractivity contribution is -0.167. The second-order valence-electron chi connectivity index (χ2n) is 19.2. The monoisotopic (exact) mass is 1010 g/mol. The second kappa shape index (κ2) is 60.1. The van der Waals surface area contributed by atoms with E-state index in [-0.39, 0.29) is 31.1 Å². The fraction of sp³-hybridized carbons (Fsp3) is 0.627. The van der Waals surface area contributed by atoms with Gasteiger partial charge in [-0.2, -0.15) is 0 Å². The summed E-state index contributed by atoms with van der Waals surface area (Å²) in [4.78, 5) is 38.0. The van der Waals surface area contributed by atoms with Crippen LogP contribution in [0, 0.1) is 0 Å². The lowest BCUT2D eigenvalue weighted by Crippen LogP contribution is -2.30. The number of ether oxygens (including phenoxy) is 3. The van der Waals surface area contributed by atoms with Crippen molar-refractivity contribution < 1.29 is 28.6 Å². The molecule has 0 N–H and O–H groups in total. The number of unbranched alkanes of at least 4 members (excludes halogenated alkanes) is 19. The minimum absolute atomic E-state index is 0.0965. The third-order valence-corrected chi connectivity index (χ3v) is 12.1. The SMILES string of the molecule is CC/C=C\C/C=C\C/C=C\C/C=C\C/C=C\C/C=C\C/C=C\C/C=C\C/C=C\C/C=C\CCCCC(=O)OCC(COC(=O)CCCCCCCCCCCC)OC(=O)CCCCCCC/C=C\CCCCC. The van der Waals surface area contributed by atoms with Gasteiger partial charge in [0, 0.05) is 19.3 Å². The normalized spacial score (nSPS) is 13.1. The molecule has 0 amide bonds. The van der Waals surface area contributed by atoms with Gasteiger partial charge < -0.3 is 14.2 Å². The molecule has 0 fully saturated rings. The molecule has 0 radical (unpaired) electrons. The van der Waals surface area contributed by atoms with Gasteiger partial charge in [0.25, 0.3) is 0 Å². The molecule has 0 aliphatic heterocycles. The molecular formula is C67H108O6. The Morgan fingerprint density at radius 3 is 0.904 bits per heavy atom. The fourth-order valence-electron chi connectivity index (χ4n) is 7.70. The van der Waals surface area contributed by atoms with Crippen LogP contribution in [0.1, 0.15) is 252 Å². The summed E-state index contributed by atoms with van der Waals surface area (Å²) in [5.41, 5.74) is 0. The van der Waals surface area contributed by atoms with Crippen LogP contribution in [0.5, 0.6) is 0 Å². The molecule has 0 bridgehead atoms. The van der Waals surface area contributed by atoms with Crippen molar-refractivity contribution in [2.24, 2.45) is 0 Å². The number of hydrogen-bond donors (Lipinski definition) is 0. The van der Waals surface area contributed by atoms with Gasteiger partial charge in [0.1, 0.15) is 13.2 Å². The highest BCUT2D eigenvalue weighted by molar-refractivity contribution is 5.71. The van der Waals surface area contributed by atoms with Gasteiger partial charge in [-0.15, -0.1) is 0 Å². The van der Waals surface area contributed by atoms with Crippen LogP contribution in [-0.4, -0.2) is 37.2 Å². The summed E-state index contributed by atoms with van der Waals surface area (Å²) in [6.45, 7) is 6.43. The van der Waals surface area contributed by atoms with Crippen LogP contribution in [0.25, 0.3) is 0 Å². The first-order valence-corrected chi connectivity index (χ1v) is 29.7.